The number of ether oxygens (including phenoxy) is 1. The van der Waals surface area contributed by atoms with Crippen LogP contribution in [-0.2, 0) is 6.18 Å². The zero-order chi connectivity index (χ0) is 21.3. The molecule has 160 valence electrons. The van der Waals surface area contributed by atoms with Crippen LogP contribution in [0, 0.1) is 0 Å². The van der Waals surface area contributed by atoms with Gasteiger partial charge < -0.3 is 10.1 Å². The maximum Gasteiger partial charge on any atom is 0.416 e. The maximum absolute atomic E-state index is 13.0. The van der Waals surface area contributed by atoms with Gasteiger partial charge in [-0.05, 0) is 43.2 Å². The van der Waals surface area contributed by atoms with E-state index in [1.165, 1.54) is 6.42 Å². The Hall–Kier alpha value is -2.91. The second-order valence-corrected chi connectivity index (χ2v) is 7.20. The Kier molecular flexibility index (Phi) is 5.48. The first-order chi connectivity index (χ1) is 14.3. The lowest BCUT2D eigenvalue weighted by Gasteiger charge is -2.23. The van der Waals surface area contributed by atoms with Crippen LogP contribution in [0.5, 0.6) is 5.75 Å². The van der Waals surface area contributed by atoms with Crippen LogP contribution in [0.15, 0.2) is 36.5 Å². The van der Waals surface area contributed by atoms with E-state index in [0.717, 1.165) is 37.8 Å². The van der Waals surface area contributed by atoms with Gasteiger partial charge in [-0.2, -0.15) is 22.0 Å². The van der Waals surface area contributed by atoms with Crippen molar-refractivity contribution in [2.45, 2.75) is 50.9 Å². The lowest BCUT2D eigenvalue weighted by molar-refractivity contribution is -0.138. The minimum Gasteiger partial charge on any atom is -0.434 e. The number of halogens is 5. The van der Waals surface area contributed by atoms with Crippen molar-refractivity contribution in [3.63, 3.8) is 0 Å². The Balaban J connectivity index is 1.76. The summed E-state index contributed by atoms with van der Waals surface area (Å²) in [7, 11) is 0. The van der Waals surface area contributed by atoms with E-state index in [1.807, 2.05) is 0 Å². The van der Waals surface area contributed by atoms with E-state index in [2.05, 4.69) is 20.3 Å². The first kappa shape index (κ1) is 20.4. The molecule has 0 bridgehead atoms. The summed E-state index contributed by atoms with van der Waals surface area (Å²) in [6.07, 6.45) is 2.51. The van der Waals surface area contributed by atoms with Crippen molar-refractivity contribution in [3.8, 4) is 17.0 Å². The Morgan fingerprint density at radius 1 is 1.07 bits per heavy atom. The quantitative estimate of drug-likeness (QED) is 0.527. The number of benzene rings is 1. The summed E-state index contributed by atoms with van der Waals surface area (Å²) in [4.78, 5) is 0. The molecule has 10 heteroatoms. The Morgan fingerprint density at radius 2 is 1.83 bits per heavy atom. The summed E-state index contributed by atoms with van der Waals surface area (Å²) >= 11 is 0. The number of hydrogen-bond acceptors (Lipinski definition) is 4. The molecule has 1 fully saturated rings. The van der Waals surface area contributed by atoms with Crippen LogP contribution in [-0.4, -0.2) is 27.3 Å². The molecular weight excluding hydrogens is 407 g/mol. The molecule has 1 saturated carbocycles. The lowest BCUT2D eigenvalue weighted by atomic mass is 9.96. The van der Waals surface area contributed by atoms with Gasteiger partial charge >= 0.3 is 12.8 Å². The summed E-state index contributed by atoms with van der Waals surface area (Å²) in [5.41, 5.74) is -0.415. The summed E-state index contributed by atoms with van der Waals surface area (Å²) in [5, 5.41) is 11.7. The van der Waals surface area contributed by atoms with Crippen molar-refractivity contribution >= 4 is 11.5 Å². The molecule has 0 aliphatic heterocycles. The molecule has 0 atom stereocenters. The first-order valence-corrected chi connectivity index (χ1v) is 9.59. The van der Waals surface area contributed by atoms with E-state index in [0.29, 0.717) is 17.5 Å². The van der Waals surface area contributed by atoms with Crippen LogP contribution >= 0.6 is 0 Å². The molecule has 1 N–H and O–H groups in total. The van der Waals surface area contributed by atoms with Gasteiger partial charge in [0.1, 0.15) is 11.4 Å². The number of alkyl halides is 5. The third-order valence-electron chi connectivity index (χ3n) is 5.18. The van der Waals surface area contributed by atoms with Crippen molar-refractivity contribution < 1.29 is 26.7 Å². The van der Waals surface area contributed by atoms with E-state index in [-0.39, 0.29) is 17.3 Å². The molecule has 4 rings (SSSR count). The van der Waals surface area contributed by atoms with Crippen LogP contribution in [0.25, 0.3) is 16.8 Å². The van der Waals surface area contributed by atoms with Crippen LogP contribution in [0.4, 0.5) is 27.9 Å². The molecule has 0 spiro atoms. The van der Waals surface area contributed by atoms with Gasteiger partial charge in [-0.1, -0.05) is 19.3 Å². The molecule has 1 aromatic carbocycles. The van der Waals surface area contributed by atoms with Crippen LogP contribution in [0.1, 0.15) is 37.7 Å². The number of nitrogens with one attached hydrogen (secondary N) is 1. The molecule has 0 amide bonds. The normalized spacial score (nSPS) is 15.7. The summed E-state index contributed by atoms with van der Waals surface area (Å²) in [5.74, 6) is -0.112. The molecule has 1 aliphatic rings. The van der Waals surface area contributed by atoms with E-state index in [1.54, 1.807) is 22.7 Å². The summed E-state index contributed by atoms with van der Waals surface area (Å²) < 4.78 is 70.9. The minimum absolute atomic E-state index is 0.00344. The third kappa shape index (κ3) is 4.17. The molecule has 2 aromatic heterocycles. The van der Waals surface area contributed by atoms with Gasteiger partial charge in [0.25, 0.3) is 0 Å². The van der Waals surface area contributed by atoms with E-state index >= 15 is 0 Å². The topological polar surface area (TPSA) is 51.5 Å². The zero-order valence-electron chi connectivity index (χ0n) is 15.8. The van der Waals surface area contributed by atoms with Gasteiger partial charge in [0.2, 0.25) is 5.95 Å². The highest BCUT2D eigenvalue weighted by Gasteiger charge is 2.32. The average Bonchev–Trinajstić information content (AvgIpc) is 3.19. The Bertz CT molecular complexity index is 1030. The van der Waals surface area contributed by atoms with Gasteiger partial charge in [0, 0.05) is 17.8 Å². The van der Waals surface area contributed by atoms with Crippen LogP contribution < -0.4 is 10.1 Å². The monoisotopic (exact) mass is 426 g/mol. The average molecular weight is 426 g/mol. The minimum atomic E-state index is -4.69. The molecule has 0 saturated heterocycles. The van der Waals surface area contributed by atoms with Gasteiger partial charge in [0.05, 0.1) is 11.1 Å². The smallest absolute Gasteiger partial charge is 0.416 e. The van der Waals surface area contributed by atoms with Crippen molar-refractivity contribution in [1.82, 2.24) is 14.6 Å². The lowest BCUT2D eigenvalue weighted by Crippen LogP contribution is -2.24. The number of fused-ring (bicyclic) bond motifs is 1. The second kappa shape index (κ2) is 8.08. The van der Waals surface area contributed by atoms with E-state index in [4.69, 9.17) is 0 Å². The second-order valence-electron chi connectivity index (χ2n) is 7.20. The Morgan fingerprint density at radius 3 is 2.53 bits per heavy atom. The molecule has 2 heterocycles. The summed E-state index contributed by atoms with van der Waals surface area (Å²) in [6, 6.07) is 6.12. The van der Waals surface area contributed by atoms with Crippen molar-refractivity contribution in [2.75, 3.05) is 5.32 Å². The third-order valence-corrected chi connectivity index (χ3v) is 5.18. The zero-order valence-corrected chi connectivity index (χ0v) is 15.8. The first-order valence-electron chi connectivity index (χ1n) is 9.59. The fraction of sp³-hybridized carbons (Fsp3) is 0.400. The highest BCUT2D eigenvalue weighted by molar-refractivity contribution is 5.81. The number of anilines is 1. The molecular formula is C20H19F5N4O. The number of rotatable bonds is 5. The Labute approximate surface area is 168 Å². The fourth-order valence-electron chi connectivity index (χ4n) is 3.76. The van der Waals surface area contributed by atoms with Gasteiger partial charge in [-0.25, -0.2) is 0 Å². The molecule has 1 aliphatic carbocycles. The van der Waals surface area contributed by atoms with Gasteiger partial charge in [-0.15, -0.1) is 10.2 Å². The number of nitrogens with zero attached hydrogens (tertiary/aromatic N) is 3. The predicted octanol–water partition coefficient (Wildman–Crippen LogP) is 5.76. The standard InChI is InChI=1S/C20H19F5N4O/c21-18(22)30-16-11-12(20(23,24)25)8-9-14(16)17-15-7-4-10-29(15)19(28-27-17)26-13-5-2-1-3-6-13/h4,7-11,13,18H,1-3,5-6H2,(H,26,28). The highest BCUT2D eigenvalue weighted by Crippen LogP contribution is 2.38. The fourth-order valence-corrected chi connectivity index (χ4v) is 3.76. The summed E-state index contributed by atoms with van der Waals surface area (Å²) in [6.45, 7) is -3.28. The van der Waals surface area contributed by atoms with Gasteiger partial charge in [0.15, 0.2) is 0 Å². The van der Waals surface area contributed by atoms with Crippen molar-refractivity contribution in [2.24, 2.45) is 0 Å². The number of aromatic nitrogens is 3. The molecule has 3 aromatic rings. The highest BCUT2D eigenvalue weighted by atomic mass is 19.4. The molecule has 30 heavy (non-hydrogen) atoms. The van der Waals surface area contributed by atoms with Gasteiger partial charge in [-0.3, -0.25) is 4.40 Å². The molecule has 0 radical (unpaired) electrons. The van der Waals surface area contributed by atoms with Crippen LogP contribution in [0.3, 0.4) is 0 Å². The number of hydrogen-bond donors (Lipinski definition) is 1. The largest absolute Gasteiger partial charge is 0.434 e. The maximum atomic E-state index is 13.0. The van der Waals surface area contributed by atoms with E-state index in [9.17, 15) is 22.0 Å². The van der Waals surface area contributed by atoms with Crippen molar-refractivity contribution in [1.29, 1.82) is 0 Å². The van der Waals surface area contributed by atoms with Crippen molar-refractivity contribution in [3.05, 3.63) is 42.1 Å². The molecule has 0 unspecified atom stereocenters. The van der Waals surface area contributed by atoms with E-state index < -0.39 is 24.1 Å². The predicted molar refractivity (Wildman–Crippen MR) is 101 cm³/mol. The van der Waals surface area contributed by atoms with Crippen LogP contribution in [0.2, 0.25) is 0 Å². The molecule has 5 nitrogen and oxygen atoms in total. The SMILES string of the molecule is FC(F)Oc1cc(C(F)(F)F)ccc1-c1nnc(NC2CCCCC2)n2cccc12.